The lowest BCUT2D eigenvalue weighted by atomic mass is 9.99. The van der Waals surface area contributed by atoms with Gasteiger partial charge in [-0.2, -0.15) is 0 Å². The molecule has 4 nitrogen and oxygen atoms in total. The summed E-state index contributed by atoms with van der Waals surface area (Å²) in [6.07, 6.45) is 5.05. The Hall–Kier alpha value is -1.16. The minimum absolute atomic E-state index is 0.210. The van der Waals surface area contributed by atoms with Crippen LogP contribution < -0.4 is 0 Å². The van der Waals surface area contributed by atoms with Gasteiger partial charge in [0.1, 0.15) is 5.69 Å². The van der Waals surface area contributed by atoms with Gasteiger partial charge in [-0.15, -0.1) is 0 Å². The first-order valence-corrected chi connectivity index (χ1v) is 4.76. The van der Waals surface area contributed by atoms with E-state index in [1.807, 2.05) is 18.4 Å². The highest BCUT2D eigenvalue weighted by Crippen LogP contribution is 2.35. The van der Waals surface area contributed by atoms with Crippen molar-refractivity contribution in [2.75, 3.05) is 6.61 Å². The Morgan fingerprint density at radius 3 is 3.07 bits per heavy atom. The molecule has 0 radical (unpaired) electrons. The quantitative estimate of drug-likeness (QED) is 0.669. The van der Waals surface area contributed by atoms with Crippen molar-refractivity contribution in [3.63, 3.8) is 0 Å². The minimum Gasteiger partial charge on any atom is -0.373 e. The smallest absolute Gasteiger partial charge is 0.168 e. The number of hydrogen-bond donors (Lipinski definition) is 0. The van der Waals surface area contributed by atoms with Crippen LogP contribution in [0.2, 0.25) is 0 Å². The lowest BCUT2D eigenvalue weighted by Crippen LogP contribution is -2.30. The molecule has 1 aliphatic heterocycles. The molecule has 1 fully saturated rings. The first kappa shape index (κ1) is 9.40. The molecule has 1 aliphatic rings. The summed E-state index contributed by atoms with van der Waals surface area (Å²) in [7, 11) is 0. The fraction of sp³-hybridized carbons (Fsp3) is 0.600. The molecule has 0 saturated carbocycles. The first-order chi connectivity index (χ1) is 6.65. The van der Waals surface area contributed by atoms with Crippen molar-refractivity contribution < 1.29 is 9.53 Å². The van der Waals surface area contributed by atoms with Crippen molar-refractivity contribution in [2.45, 2.75) is 31.9 Å². The topological polar surface area (TPSA) is 44.1 Å². The second-order valence-corrected chi connectivity index (χ2v) is 4.10. The summed E-state index contributed by atoms with van der Waals surface area (Å²) in [6.45, 7) is 4.83. The minimum atomic E-state index is -0.210. The molecule has 2 rings (SSSR count). The van der Waals surface area contributed by atoms with Crippen LogP contribution in [0.3, 0.4) is 0 Å². The third kappa shape index (κ3) is 1.35. The number of aldehydes is 1. The third-order valence-electron chi connectivity index (χ3n) is 2.82. The number of imidazole rings is 1. The van der Waals surface area contributed by atoms with E-state index in [0.29, 0.717) is 5.69 Å². The molecule has 14 heavy (non-hydrogen) atoms. The van der Waals surface area contributed by atoms with Crippen LogP contribution in [-0.2, 0) is 4.74 Å². The Bertz CT molecular complexity index is 344. The lowest BCUT2D eigenvalue weighted by Gasteiger charge is -2.27. The Morgan fingerprint density at radius 2 is 2.50 bits per heavy atom. The van der Waals surface area contributed by atoms with Crippen LogP contribution in [0.25, 0.3) is 0 Å². The average Bonchev–Trinajstić information content (AvgIpc) is 2.69. The molecule has 1 aromatic rings. The van der Waals surface area contributed by atoms with E-state index in [2.05, 4.69) is 4.98 Å². The van der Waals surface area contributed by atoms with Crippen LogP contribution in [-0.4, -0.2) is 28.0 Å². The van der Waals surface area contributed by atoms with Crippen LogP contribution in [0.5, 0.6) is 0 Å². The molecule has 1 unspecified atom stereocenters. The van der Waals surface area contributed by atoms with Crippen LogP contribution >= 0.6 is 0 Å². The molecule has 0 N–H and O–H groups in total. The molecule has 1 saturated heterocycles. The molecule has 0 aromatic carbocycles. The van der Waals surface area contributed by atoms with Crippen LogP contribution in [0.1, 0.15) is 36.8 Å². The summed E-state index contributed by atoms with van der Waals surface area (Å²) in [5.74, 6) is 0. The number of ether oxygens (including phenoxy) is 1. The number of carbonyl (C=O) groups is 1. The van der Waals surface area contributed by atoms with Crippen molar-refractivity contribution in [2.24, 2.45) is 0 Å². The van der Waals surface area contributed by atoms with E-state index < -0.39 is 0 Å². The maximum Gasteiger partial charge on any atom is 0.168 e. The van der Waals surface area contributed by atoms with Gasteiger partial charge in [0.15, 0.2) is 6.29 Å². The summed E-state index contributed by atoms with van der Waals surface area (Å²) in [6, 6.07) is 0.213. The Labute approximate surface area is 82.9 Å². The molecular weight excluding hydrogens is 180 g/mol. The Balaban J connectivity index is 2.35. The molecule has 0 amide bonds. The SMILES string of the molecule is CC1(C)OCCC1n1cncc1C=O. The largest absolute Gasteiger partial charge is 0.373 e. The van der Waals surface area contributed by atoms with Gasteiger partial charge >= 0.3 is 0 Å². The molecule has 0 spiro atoms. The van der Waals surface area contributed by atoms with Crippen molar-refractivity contribution >= 4 is 6.29 Å². The first-order valence-electron chi connectivity index (χ1n) is 4.76. The van der Waals surface area contributed by atoms with E-state index in [1.165, 1.54) is 0 Å². The van der Waals surface area contributed by atoms with Crippen LogP contribution in [0.15, 0.2) is 12.5 Å². The predicted octanol–water partition coefficient (Wildman–Crippen LogP) is 1.44. The molecule has 2 heterocycles. The van der Waals surface area contributed by atoms with Gasteiger partial charge in [-0.25, -0.2) is 4.98 Å². The van der Waals surface area contributed by atoms with E-state index in [4.69, 9.17) is 4.74 Å². The van der Waals surface area contributed by atoms with Crippen LogP contribution in [0.4, 0.5) is 0 Å². The van der Waals surface area contributed by atoms with Crippen molar-refractivity contribution in [3.8, 4) is 0 Å². The molecule has 76 valence electrons. The summed E-state index contributed by atoms with van der Waals surface area (Å²) in [5, 5.41) is 0. The van der Waals surface area contributed by atoms with E-state index in [-0.39, 0.29) is 11.6 Å². The zero-order valence-corrected chi connectivity index (χ0v) is 8.43. The predicted molar refractivity (Wildman–Crippen MR) is 51.3 cm³/mol. The number of aromatic nitrogens is 2. The normalized spacial score (nSPS) is 25.1. The maximum atomic E-state index is 10.8. The molecule has 0 aliphatic carbocycles. The van der Waals surface area contributed by atoms with Gasteiger partial charge in [0.2, 0.25) is 0 Å². The Morgan fingerprint density at radius 1 is 1.71 bits per heavy atom. The number of nitrogens with zero attached hydrogens (tertiary/aromatic N) is 2. The second-order valence-electron chi connectivity index (χ2n) is 4.10. The zero-order valence-electron chi connectivity index (χ0n) is 8.43. The zero-order chi connectivity index (χ0) is 10.2. The summed E-state index contributed by atoms with van der Waals surface area (Å²) < 4.78 is 7.51. The van der Waals surface area contributed by atoms with Gasteiger partial charge in [-0.05, 0) is 20.3 Å². The summed E-state index contributed by atoms with van der Waals surface area (Å²) >= 11 is 0. The van der Waals surface area contributed by atoms with E-state index in [1.54, 1.807) is 12.5 Å². The van der Waals surface area contributed by atoms with Gasteiger partial charge in [-0.3, -0.25) is 4.79 Å². The summed E-state index contributed by atoms with van der Waals surface area (Å²) in [5.41, 5.74) is 0.409. The molecule has 1 aromatic heterocycles. The fourth-order valence-corrected chi connectivity index (χ4v) is 2.02. The van der Waals surface area contributed by atoms with Gasteiger partial charge in [0, 0.05) is 6.61 Å². The maximum absolute atomic E-state index is 10.8. The number of rotatable bonds is 2. The van der Waals surface area contributed by atoms with Crippen molar-refractivity contribution in [3.05, 3.63) is 18.2 Å². The second kappa shape index (κ2) is 3.20. The molecular formula is C10H14N2O2. The number of hydrogen-bond acceptors (Lipinski definition) is 3. The van der Waals surface area contributed by atoms with Crippen LogP contribution in [0, 0.1) is 0 Å². The van der Waals surface area contributed by atoms with Gasteiger partial charge in [-0.1, -0.05) is 0 Å². The molecule has 1 atom stereocenters. The van der Waals surface area contributed by atoms with Gasteiger partial charge < -0.3 is 9.30 Å². The van der Waals surface area contributed by atoms with Crippen molar-refractivity contribution in [1.82, 2.24) is 9.55 Å². The standard InChI is InChI=1S/C10H14N2O2/c1-10(2)9(3-4-14-10)12-7-11-5-8(12)6-13/h5-7,9H,3-4H2,1-2H3. The summed E-state index contributed by atoms with van der Waals surface area (Å²) in [4.78, 5) is 14.7. The Kier molecular flexibility index (Phi) is 2.15. The van der Waals surface area contributed by atoms with E-state index in [0.717, 1.165) is 19.3 Å². The van der Waals surface area contributed by atoms with Gasteiger partial charge in [0.05, 0.1) is 24.2 Å². The highest BCUT2D eigenvalue weighted by molar-refractivity contribution is 5.71. The molecule has 0 bridgehead atoms. The van der Waals surface area contributed by atoms with Gasteiger partial charge in [0.25, 0.3) is 0 Å². The van der Waals surface area contributed by atoms with E-state index >= 15 is 0 Å². The fourth-order valence-electron chi connectivity index (χ4n) is 2.02. The van der Waals surface area contributed by atoms with Crippen molar-refractivity contribution in [1.29, 1.82) is 0 Å². The highest BCUT2D eigenvalue weighted by atomic mass is 16.5. The monoisotopic (exact) mass is 194 g/mol. The highest BCUT2D eigenvalue weighted by Gasteiger charge is 2.37. The number of carbonyl (C=O) groups excluding carboxylic acids is 1. The average molecular weight is 194 g/mol. The molecule has 4 heteroatoms. The lowest BCUT2D eigenvalue weighted by molar-refractivity contribution is 0.0140. The van der Waals surface area contributed by atoms with E-state index in [9.17, 15) is 4.79 Å². The third-order valence-corrected chi connectivity index (χ3v) is 2.82.